The predicted molar refractivity (Wildman–Crippen MR) is 55.8 cm³/mol. The Labute approximate surface area is 83.6 Å². The molecule has 0 fully saturated rings. The lowest BCUT2D eigenvalue weighted by molar-refractivity contribution is 0.368. The van der Waals surface area contributed by atoms with Crippen LogP contribution < -0.4 is 4.74 Å². The number of hydrogen-bond donors (Lipinski definition) is 1. The van der Waals surface area contributed by atoms with E-state index in [1.165, 1.54) is 0 Å². The van der Waals surface area contributed by atoms with Crippen molar-refractivity contribution in [2.24, 2.45) is 0 Å². The Balaban J connectivity index is 2.90. The van der Waals surface area contributed by atoms with Gasteiger partial charge in [-0.25, -0.2) is 0 Å². The molecule has 1 aromatic rings. The van der Waals surface area contributed by atoms with Crippen molar-refractivity contribution in [2.45, 2.75) is 13.8 Å². The van der Waals surface area contributed by atoms with E-state index >= 15 is 0 Å². The molecule has 0 bridgehead atoms. The van der Waals surface area contributed by atoms with Crippen LogP contribution in [0, 0.1) is 24.7 Å². The molecule has 1 rings (SSSR count). The van der Waals surface area contributed by atoms with Gasteiger partial charge in [-0.3, -0.25) is 4.98 Å². The third-order valence-electron chi connectivity index (χ3n) is 1.73. The average Bonchev–Trinajstić information content (AvgIpc) is 2.14. The van der Waals surface area contributed by atoms with E-state index in [4.69, 9.17) is 16.6 Å². The highest BCUT2D eigenvalue weighted by atomic mass is 16.5. The quantitative estimate of drug-likeness (QED) is 0.580. The smallest absolute Gasteiger partial charge is 0.148 e. The van der Waals surface area contributed by atoms with Crippen molar-refractivity contribution in [3.63, 3.8) is 0 Å². The molecular formula is C11H12N2O. The molecule has 0 saturated carbocycles. The predicted octanol–water partition coefficient (Wildman–Crippen LogP) is 1.79. The van der Waals surface area contributed by atoms with E-state index in [2.05, 4.69) is 10.9 Å². The van der Waals surface area contributed by atoms with Gasteiger partial charge in [-0.2, -0.15) is 0 Å². The summed E-state index contributed by atoms with van der Waals surface area (Å²) in [6, 6.07) is 1.83. The molecule has 3 nitrogen and oxygen atoms in total. The van der Waals surface area contributed by atoms with Crippen LogP contribution in [-0.2, 0) is 0 Å². The zero-order chi connectivity index (χ0) is 10.6. The summed E-state index contributed by atoms with van der Waals surface area (Å²) < 4.78 is 5.20. The molecule has 0 aliphatic rings. The summed E-state index contributed by atoms with van der Waals surface area (Å²) in [6.07, 6.45) is 6.64. The number of pyridine rings is 1. The summed E-state index contributed by atoms with van der Waals surface area (Å²) in [7, 11) is 0. The first-order valence-corrected chi connectivity index (χ1v) is 4.23. The van der Waals surface area contributed by atoms with Crippen LogP contribution in [0.25, 0.3) is 0 Å². The molecule has 1 aromatic heterocycles. The summed E-state index contributed by atoms with van der Waals surface area (Å²) in [5.74, 6) is 3.02. The molecule has 0 aliphatic heterocycles. The molecule has 0 amide bonds. The molecule has 14 heavy (non-hydrogen) atoms. The van der Waals surface area contributed by atoms with Crippen molar-refractivity contribution < 1.29 is 4.74 Å². The molecule has 0 radical (unpaired) electrons. The first-order chi connectivity index (χ1) is 6.65. The lowest BCUT2D eigenvalue weighted by atomic mass is 10.1. The van der Waals surface area contributed by atoms with E-state index in [0.29, 0.717) is 17.2 Å². The van der Waals surface area contributed by atoms with Gasteiger partial charge < -0.3 is 10.1 Å². The maximum absolute atomic E-state index is 7.45. The van der Waals surface area contributed by atoms with Gasteiger partial charge in [-0.15, -0.1) is 6.42 Å². The van der Waals surface area contributed by atoms with E-state index in [9.17, 15) is 0 Å². The Morgan fingerprint density at radius 3 is 2.93 bits per heavy atom. The maximum atomic E-state index is 7.45. The van der Waals surface area contributed by atoms with Crippen LogP contribution in [0.1, 0.15) is 18.2 Å². The number of terminal acetylenes is 1. The molecule has 0 unspecified atom stereocenters. The standard InChI is InChI=1S/C11H12N2O/c1-4-5-14-10-6-8(2)11(9(3)12)13-7-10/h1,6-7,12H,5H2,2-3H3. The van der Waals surface area contributed by atoms with Gasteiger partial charge in [0.25, 0.3) is 0 Å². The highest BCUT2D eigenvalue weighted by molar-refractivity contribution is 5.95. The van der Waals surface area contributed by atoms with Crippen LogP contribution in [0.15, 0.2) is 12.3 Å². The molecule has 72 valence electrons. The topological polar surface area (TPSA) is 46.0 Å². The molecule has 1 heterocycles. The lowest BCUT2D eigenvalue weighted by Gasteiger charge is -2.06. The fraction of sp³-hybridized carbons (Fsp3) is 0.273. The van der Waals surface area contributed by atoms with Gasteiger partial charge in [0.1, 0.15) is 12.4 Å². The van der Waals surface area contributed by atoms with Crippen molar-refractivity contribution in [1.82, 2.24) is 4.98 Å². The average molecular weight is 188 g/mol. The SMILES string of the molecule is C#CCOc1cnc(C(C)=N)c(C)c1. The zero-order valence-corrected chi connectivity index (χ0v) is 8.29. The Hall–Kier alpha value is -1.82. The van der Waals surface area contributed by atoms with Crippen LogP contribution in [0.2, 0.25) is 0 Å². The van der Waals surface area contributed by atoms with Gasteiger partial charge >= 0.3 is 0 Å². The molecule has 0 atom stereocenters. The van der Waals surface area contributed by atoms with Gasteiger partial charge in [0.2, 0.25) is 0 Å². The Kier molecular flexibility index (Phi) is 3.24. The molecule has 1 N–H and O–H groups in total. The normalized spacial score (nSPS) is 9.21. The number of hydrogen-bond acceptors (Lipinski definition) is 3. The van der Waals surface area contributed by atoms with Crippen LogP contribution in [0.3, 0.4) is 0 Å². The van der Waals surface area contributed by atoms with E-state index in [1.54, 1.807) is 13.1 Å². The van der Waals surface area contributed by atoms with Gasteiger partial charge in [-0.1, -0.05) is 5.92 Å². The number of ether oxygens (including phenoxy) is 1. The zero-order valence-electron chi connectivity index (χ0n) is 8.29. The Morgan fingerprint density at radius 2 is 2.43 bits per heavy atom. The first-order valence-electron chi connectivity index (χ1n) is 4.23. The van der Waals surface area contributed by atoms with Crippen molar-refractivity contribution in [3.8, 4) is 18.1 Å². The van der Waals surface area contributed by atoms with Gasteiger partial charge in [0.05, 0.1) is 17.6 Å². The molecular weight excluding hydrogens is 176 g/mol. The summed E-state index contributed by atoms with van der Waals surface area (Å²) >= 11 is 0. The monoisotopic (exact) mass is 188 g/mol. The minimum atomic E-state index is 0.240. The van der Waals surface area contributed by atoms with E-state index < -0.39 is 0 Å². The van der Waals surface area contributed by atoms with Gasteiger partial charge in [0.15, 0.2) is 0 Å². The highest BCUT2D eigenvalue weighted by Crippen LogP contribution is 2.14. The third-order valence-corrected chi connectivity index (χ3v) is 1.73. The number of aromatic nitrogens is 1. The second kappa shape index (κ2) is 4.43. The van der Waals surface area contributed by atoms with Crippen molar-refractivity contribution in [1.29, 1.82) is 5.41 Å². The first kappa shape index (κ1) is 10.3. The minimum absolute atomic E-state index is 0.240. The highest BCUT2D eigenvalue weighted by Gasteiger charge is 2.03. The number of nitrogens with zero attached hydrogens (tertiary/aromatic N) is 1. The van der Waals surface area contributed by atoms with Crippen molar-refractivity contribution in [3.05, 3.63) is 23.5 Å². The molecule has 0 saturated heterocycles. The van der Waals surface area contributed by atoms with Crippen molar-refractivity contribution in [2.75, 3.05) is 6.61 Å². The maximum Gasteiger partial charge on any atom is 0.148 e. The minimum Gasteiger partial charge on any atom is -0.479 e. The largest absolute Gasteiger partial charge is 0.479 e. The van der Waals surface area contributed by atoms with E-state index in [-0.39, 0.29) is 6.61 Å². The second-order valence-electron chi connectivity index (χ2n) is 2.95. The molecule has 0 aromatic carbocycles. The molecule has 3 heteroatoms. The van der Waals surface area contributed by atoms with E-state index in [0.717, 1.165) is 5.56 Å². The summed E-state index contributed by atoms with van der Waals surface area (Å²) in [4.78, 5) is 4.11. The van der Waals surface area contributed by atoms with Crippen LogP contribution in [0.4, 0.5) is 0 Å². The molecule has 0 aliphatic carbocycles. The van der Waals surface area contributed by atoms with Crippen LogP contribution in [-0.4, -0.2) is 17.3 Å². The fourth-order valence-electron chi connectivity index (χ4n) is 1.15. The lowest BCUT2D eigenvalue weighted by Crippen LogP contribution is -2.02. The van der Waals surface area contributed by atoms with Gasteiger partial charge in [0, 0.05) is 0 Å². The Bertz CT molecular complexity index is 391. The van der Waals surface area contributed by atoms with Gasteiger partial charge in [-0.05, 0) is 25.5 Å². The fourth-order valence-corrected chi connectivity index (χ4v) is 1.15. The number of nitrogens with one attached hydrogen (secondary N) is 1. The second-order valence-corrected chi connectivity index (χ2v) is 2.95. The summed E-state index contributed by atoms with van der Waals surface area (Å²) in [5, 5.41) is 7.45. The number of rotatable bonds is 3. The summed E-state index contributed by atoms with van der Waals surface area (Å²) in [6.45, 7) is 3.84. The summed E-state index contributed by atoms with van der Waals surface area (Å²) in [5.41, 5.74) is 2.07. The van der Waals surface area contributed by atoms with Crippen LogP contribution in [0.5, 0.6) is 5.75 Å². The third kappa shape index (κ3) is 2.33. The van der Waals surface area contributed by atoms with Crippen LogP contribution >= 0.6 is 0 Å². The number of aryl methyl sites for hydroxylation is 1. The molecule has 0 spiro atoms. The van der Waals surface area contributed by atoms with Crippen molar-refractivity contribution >= 4 is 5.71 Å². The van der Waals surface area contributed by atoms with E-state index in [1.807, 2.05) is 13.0 Å². The Morgan fingerprint density at radius 1 is 1.71 bits per heavy atom.